The average Bonchev–Trinajstić information content (AvgIpc) is 2.37. The molecule has 0 N–H and O–H groups in total. The summed E-state index contributed by atoms with van der Waals surface area (Å²) in [6, 6.07) is 8.35. The summed E-state index contributed by atoms with van der Waals surface area (Å²) >= 11 is 1.46. The van der Waals surface area contributed by atoms with Crippen LogP contribution in [0, 0.1) is 0 Å². The molecule has 0 bridgehead atoms. The van der Waals surface area contributed by atoms with Crippen molar-refractivity contribution in [3.63, 3.8) is 0 Å². The summed E-state index contributed by atoms with van der Waals surface area (Å²) in [5.74, 6) is 0. The van der Waals surface area contributed by atoms with Crippen molar-refractivity contribution in [2.24, 2.45) is 0 Å². The molecular formula is C12H12N2Se2. The van der Waals surface area contributed by atoms with E-state index in [1.807, 2.05) is 36.9 Å². The van der Waals surface area contributed by atoms with Crippen LogP contribution < -0.4 is 0 Å². The summed E-state index contributed by atoms with van der Waals surface area (Å²) in [4.78, 5) is 8.26. The van der Waals surface area contributed by atoms with Crippen molar-refractivity contribution in [2.45, 2.75) is 10.6 Å². The maximum absolute atomic E-state index is 4.13. The van der Waals surface area contributed by atoms with Gasteiger partial charge in [-0.05, 0) is 0 Å². The molecule has 2 nitrogen and oxygen atoms in total. The van der Waals surface area contributed by atoms with Gasteiger partial charge in [-0.2, -0.15) is 0 Å². The third-order valence-electron chi connectivity index (χ3n) is 1.98. The standard InChI is InChI=1S/C12H12N2Se2/c1-3-11(7-13-5-1)9-15-16-10-12-4-2-6-14-8-12/h1-8H,9-10H2. The van der Waals surface area contributed by atoms with Crippen LogP contribution in [-0.4, -0.2) is 36.2 Å². The van der Waals surface area contributed by atoms with Gasteiger partial charge < -0.3 is 0 Å². The topological polar surface area (TPSA) is 25.8 Å². The number of nitrogens with zero attached hydrogens (tertiary/aromatic N) is 2. The predicted molar refractivity (Wildman–Crippen MR) is 67.4 cm³/mol. The number of hydrogen-bond acceptors (Lipinski definition) is 2. The van der Waals surface area contributed by atoms with E-state index < -0.39 is 0 Å². The Morgan fingerprint density at radius 2 is 1.31 bits per heavy atom. The molecule has 0 atom stereocenters. The number of rotatable bonds is 5. The Labute approximate surface area is 107 Å². The Kier molecular flexibility index (Phi) is 5.04. The second-order valence-corrected chi connectivity index (χ2v) is 10.6. The van der Waals surface area contributed by atoms with Gasteiger partial charge in [0.15, 0.2) is 0 Å². The molecule has 0 saturated heterocycles. The zero-order valence-corrected chi connectivity index (χ0v) is 12.2. The normalized spacial score (nSPS) is 10.2. The molecule has 16 heavy (non-hydrogen) atoms. The number of pyridine rings is 2. The molecule has 2 heterocycles. The summed E-state index contributed by atoms with van der Waals surface area (Å²) in [7, 11) is 0. The van der Waals surface area contributed by atoms with Gasteiger partial charge >= 0.3 is 107 Å². The summed E-state index contributed by atoms with van der Waals surface area (Å²) in [5.41, 5.74) is 2.74. The van der Waals surface area contributed by atoms with Crippen molar-refractivity contribution in [1.82, 2.24) is 9.97 Å². The van der Waals surface area contributed by atoms with E-state index >= 15 is 0 Å². The van der Waals surface area contributed by atoms with Gasteiger partial charge in [0.2, 0.25) is 0 Å². The van der Waals surface area contributed by atoms with Crippen LogP contribution in [0.1, 0.15) is 11.1 Å². The Morgan fingerprint density at radius 1 is 0.812 bits per heavy atom. The molecule has 2 aromatic heterocycles. The third kappa shape index (κ3) is 4.07. The average molecular weight is 342 g/mol. The Bertz CT molecular complexity index is 364. The maximum atomic E-state index is 4.13. The van der Waals surface area contributed by atoms with Crippen molar-refractivity contribution in [2.75, 3.05) is 0 Å². The van der Waals surface area contributed by atoms with Crippen LogP contribution in [0.2, 0.25) is 0 Å². The number of hydrogen-bond donors (Lipinski definition) is 0. The van der Waals surface area contributed by atoms with Crippen molar-refractivity contribution in [1.29, 1.82) is 0 Å². The van der Waals surface area contributed by atoms with E-state index in [0.717, 1.165) is 26.3 Å². The van der Waals surface area contributed by atoms with E-state index in [9.17, 15) is 0 Å². The molecule has 0 amide bonds. The van der Waals surface area contributed by atoms with E-state index in [-0.39, 0.29) is 0 Å². The molecule has 0 spiro atoms. The van der Waals surface area contributed by atoms with Gasteiger partial charge in [-0.1, -0.05) is 0 Å². The van der Waals surface area contributed by atoms with E-state index in [1.165, 1.54) is 21.8 Å². The minimum absolute atomic E-state index is 0.728. The molecule has 82 valence electrons. The van der Waals surface area contributed by atoms with Crippen LogP contribution in [0.4, 0.5) is 0 Å². The number of aromatic nitrogens is 2. The van der Waals surface area contributed by atoms with Crippen LogP contribution >= 0.6 is 0 Å². The van der Waals surface area contributed by atoms with Gasteiger partial charge in [0, 0.05) is 0 Å². The Balaban J connectivity index is 1.70. The van der Waals surface area contributed by atoms with E-state index in [4.69, 9.17) is 0 Å². The molecular weight excluding hydrogens is 330 g/mol. The predicted octanol–water partition coefficient (Wildman–Crippen LogP) is 1.50. The summed E-state index contributed by atoms with van der Waals surface area (Å²) in [6.45, 7) is 0. The zero-order valence-electron chi connectivity index (χ0n) is 8.74. The molecule has 0 unspecified atom stereocenters. The fraction of sp³-hybridized carbons (Fsp3) is 0.167. The van der Waals surface area contributed by atoms with Gasteiger partial charge in [0.05, 0.1) is 0 Å². The van der Waals surface area contributed by atoms with Gasteiger partial charge in [-0.3, -0.25) is 0 Å². The van der Waals surface area contributed by atoms with Crippen LogP contribution in [0.5, 0.6) is 0 Å². The first kappa shape index (κ1) is 11.8. The Morgan fingerprint density at radius 3 is 1.69 bits per heavy atom. The first-order chi connectivity index (χ1) is 7.95. The van der Waals surface area contributed by atoms with Crippen molar-refractivity contribution < 1.29 is 0 Å². The van der Waals surface area contributed by atoms with E-state index in [2.05, 4.69) is 22.1 Å². The SMILES string of the molecule is c1cncc(C[Se][Se]Cc2cccnc2)c1. The Hall–Kier alpha value is -0.661. The van der Waals surface area contributed by atoms with Crippen LogP contribution in [0.15, 0.2) is 49.1 Å². The van der Waals surface area contributed by atoms with E-state index in [0.29, 0.717) is 0 Å². The van der Waals surface area contributed by atoms with Crippen LogP contribution in [0.3, 0.4) is 0 Å². The zero-order chi connectivity index (χ0) is 11.1. The first-order valence-electron chi connectivity index (χ1n) is 4.97. The van der Waals surface area contributed by atoms with Gasteiger partial charge in [0.25, 0.3) is 0 Å². The third-order valence-corrected chi connectivity index (χ3v) is 8.61. The molecule has 2 aromatic rings. The minimum atomic E-state index is 0.728. The van der Waals surface area contributed by atoms with Crippen LogP contribution in [0.25, 0.3) is 0 Å². The molecule has 0 saturated carbocycles. The summed E-state index contributed by atoms with van der Waals surface area (Å²) in [5, 5.41) is 2.42. The molecule has 2 rings (SSSR count). The summed E-state index contributed by atoms with van der Waals surface area (Å²) in [6.07, 6.45) is 7.61. The fourth-order valence-electron chi connectivity index (χ4n) is 1.19. The monoisotopic (exact) mass is 344 g/mol. The van der Waals surface area contributed by atoms with Crippen molar-refractivity contribution in [3.05, 3.63) is 60.2 Å². The molecule has 0 aliphatic heterocycles. The quantitative estimate of drug-likeness (QED) is 0.608. The molecule has 0 aliphatic carbocycles. The molecule has 0 aromatic carbocycles. The summed E-state index contributed by atoms with van der Waals surface area (Å²) < 4.78 is 0. The molecule has 0 radical (unpaired) electrons. The van der Waals surface area contributed by atoms with Gasteiger partial charge in [-0.25, -0.2) is 0 Å². The molecule has 0 fully saturated rings. The first-order valence-corrected chi connectivity index (χ1v) is 11.7. The fourth-order valence-corrected chi connectivity index (χ4v) is 7.61. The second-order valence-electron chi connectivity index (χ2n) is 3.25. The van der Waals surface area contributed by atoms with Gasteiger partial charge in [0.1, 0.15) is 0 Å². The van der Waals surface area contributed by atoms with E-state index in [1.54, 1.807) is 0 Å². The van der Waals surface area contributed by atoms with Crippen molar-refractivity contribution in [3.8, 4) is 0 Å². The second kappa shape index (κ2) is 6.82. The van der Waals surface area contributed by atoms with Gasteiger partial charge in [-0.15, -0.1) is 0 Å². The van der Waals surface area contributed by atoms with Crippen LogP contribution in [-0.2, 0) is 10.6 Å². The molecule has 0 aliphatic rings. The van der Waals surface area contributed by atoms with Crippen molar-refractivity contribution >= 4 is 26.3 Å². The molecule has 4 heteroatoms.